The first-order valence-corrected chi connectivity index (χ1v) is 11.1. The van der Waals surface area contributed by atoms with Crippen LogP contribution < -0.4 is 0 Å². The van der Waals surface area contributed by atoms with E-state index in [4.69, 9.17) is 0 Å². The number of carbonyl (C=O) groups is 1. The van der Waals surface area contributed by atoms with Crippen molar-refractivity contribution in [3.8, 4) is 0 Å². The zero-order chi connectivity index (χ0) is 9.94. The Labute approximate surface area is 75.8 Å². The molecule has 0 aliphatic rings. The molecule has 0 spiro atoms. The number of hydrogen-bond donors (Lipinski definition) is 0. The minimum absolute atomic E-state index is 0.183. The van der Waals surface area contributed by atoms with Crippen LogP contribution in [0.4, 0.5) is 0 Å². The van der Waals surface area contributed by atoms with Crippen LogP contribution in [0.25, 0.3) is 0 Å². The Kier molecular flexibility index (Phi) is 3.74. The van der Waals surface area contributed by atoms with Gasteiger partial charge < -0.3 is 0 Å². The fourth-order valence-electron chi connectivity index (χ4n) is 0.741. The van der Waals surface area contributed by atoms with Crippen LogP contribution in [0.3, 0.4) is 0 Å². The molecule has 0 radical (unpaired) electrons. The molecular weight excluding hydrogens is 215 g/mol. The van der Waals surface area contributed by atoms with Crippen molar-refractivity contribution in [3.05, 3.63) is 4.41 Å². The van der Waals surface area contributed by atoms with Crippen LogP contribution in [0.1, 0.15) is 0 Å². The van der Waals surface area contributed by atoms with E-state index in [1.807, 2.05) is 17.3 Å². The summed E-state index contributed by atoms with van der Waals surface area (Å²) in [5.74, 6) is 7.60. The quantitative estimate of drug-likeness (QED) is 0.398. The van der Waals surface area contributed by atoms with Gasteiger partial charge in [-0.2, -0.15) is 0 Å². The third kappa shape index (κ3) is 2.83. The van der Waals surface area contributed by atoms with E-state index in [1.54, 1.807) is 20.0 Å². The molecule has 12 heavy (non-hydrogen) atoms. The normalized spacial score (nSPS) is 10.4. The predicted molar refractivity (Wildman–Crippen MR) is 51.2 cm³/mol. The van der Waals surface area contributed by atoms with Crippen LogP contribution in [0, 0.1) is 0 Å². The zero-order valence-electron chi connectivity index (χ0n) is 8.26. The average molecular weight is 230 g/mol. The molecule has 0 fully saturated rings. The third-order valence-corrected chi connectivity index (χ3v) is 5.28. The molecule has 0 aliphatic carbocycles. The Balaban J connectivity index is 4.86. The van der Waals surface area contributed by atoms with Crippen LogP contribution in [-0.2, 0) is 9.59 Å². The molecule has 0 heterocycles. The topological polar surface area (TPSA) is 37.4 Å². The van der Waals surface area contributed by atoms with Crippen molar-refractivity contribution in [2.24, 2.45) is 0 Å². The van der Waals surface area contributed by atoms with Gasteiger partial charge in [0, 0.05) is 0 Å². The predicted octanol–water partition coefficient (Wildman–Crippen LogP) is 0.710. The maximum absolute atomic E-state index is 11.4. The van der Waals surface area contributed by atoms with Gasteiger partial charge in [0.25, 0.3) is 0 Å². The monoisotopic (exact) mass is 231 g/mol. The van der Waals surface area contributed by atoms with E-state index in [0.29, 0.717) is 4.41 Å². The molecule has 4 heteroatoms. The van der Waals surface area contributed by atoms with Gasteiger partial charge in [-0.3, -0.25) is 0 Å². The Bertz CT molecular complexity index is 234. The second-order valence-electron chi connectivity index (χ2n) is 3.93. The van der Waals surface area contributed by atoms with E-state index in [1.165, 1.54) is 4.90 Å². The van der Waals surface area contributed by atoms with E-state index in [9.17, 15) is 9.59 Å². The first-order valence-electron chi connectivity index (χ1n) is 3.78. The van der Waals surface area contributed by atoms with Gasteiger partial charge in [0.1, 0.15) is 0 Å². The molecule has 0 aromatic carbocycles. The SMILES string of the molecule is CN(C)C(=O)[C](=C=O)[Ge]([CH3])([CH3])[CH3]. The van der Waals surface area contributed by atoms with E-state index >= 15 is 0 Å². The molecule has 0 aliphatic heterocycles. The Morgan fingerprint density at radius 1 is 1.25 bits per heavy atom. The summed E-state index contributed by atoms with van der Waals surface area (Å²) < 4.78 is 0.375. The second kappa shape index (κ2) is 3.92. The van der Waals surface area contributed by atoms with Crippen LogP contribution in [0.15, 0.2) is 4.41 Å². The fraction of sp³-hybridized carbons (Fsp3) is 0.625. The molecule has 0 saturated carbocycles. The summed E-state index contributed by atoms with van der Waals surface area (Å²) in [7, 11) is 3.29. The second-order valence-corrected chi connectivity index (χ2v) is 14.4. The molecule has 0 aromatic rings. The summed E-state index contributed by atoms with van der Waals surface area (Å²) in [6, 6.07) is 0. The molecule has 0 bridgehead atoms. The van der Waals surface area contributed by atoms with Crippen molar-refractivity contribution in [2.45, 2.75) is 17.3 Å². The van der Waals surface area contributed by atoms with Crippen molar-refractivity contribution in [2.75, 3.05) is 14.1 Å². The molecule has 0 unspecified atom stereocenters. The number of nitrogens with zero attached hydrogens (tertiary/aromatic N) is 1. The van der Waals surface area contributed by atoms with Crippen molar-refractivity contribution in [3.63, 3.8) is 0 Å². The van der Waals surface area contributed by atoms with Gasteiger partial charge >= 0.3 is 75.4 Å². The van der Waals surface area contributed by atoms with E-state index in [2.05, 4.69) is 0 Å². The average Bonchev–Trinajstić information content (AvgIpc) is 1.85. The molecule has 0 rings (SSSR count). The number of amides is 1. The van der Waals surface area contributed by atoms with Gasteiger partial charge in [0.15, 0.2) is 0 Å². The van der Waals surface area contributed by atoms with Gasteiger partial charge in [-0.1, -0.05) is 0 Å². The maximum atomic E-state index is 11.4. The molecule has 0 atom stereocenters. The molecule has 0 saturated heterocycles. The Morgan fingerprint density at radius 2 is 1.67 bits per heavy atom. The minimum atomic E-state index is -2.29. The van der Waals surface area contributed by atoms with Crippen LogP contribution in [0.5, 0.6) is 0 Å². The van der Waals surface area contributed by atoms with Gasteiger partial charge in [-0.15, -0.1) is 0 Å². The summed E-state index contributed by atoms with van der Waals surface area (Å²) in [5.41, 5.74) is 0. The van der Waals surface area contributed by atoms with Crippen LogP contribution >= 0.6 is 0 Å². The first-order chi connectivity index (χ1) is 5.30. The first kappa shape index (κ1) is 11.5. The van der Waals surface area contributed by atoms with E-state index in [-0.39, 0.29) is 5.91 Å². The van der Waals surface area contributed by atoms with Gasteiger partial charge in [-0.25, -0.2) is 0 Å². The Morgan fingerprint density at radius 3 is 1.75 bits per heavy atom. The Hall–Kier alpha value is -0.537. The molecule has 3 nitrogen and oxygen atoms in total. The molecular formula is C8H15GeNO2. The number of likely N-dealkylation sites (N-methyl/N-ethyl adjacent to an activating group) is 1. The van der Waals surface area contributed by atoms with Crippen molar-refractivity contribution >= 4 is 25.1 Å². The molecule has 1 amide bonds. The van der Waals surface area contributed by atoms with Crippen molar-refractivity contribution in [1.29, 1.82) is 0 Å². The number of carbonyl (C=O) groups excluding carboxylic acids is 2. The molecule has 0 aromatic heterocycles. The van der Waals surface area contributed by atoms with Crippen molar-refractivity contribution in [1.82, 2.24) is 4.90 Å². The standard InChI is InChI=1S/C8H15GeNO2/c1-9(2,3)7(6-11)8(12)10(4)5/h1-5H3. The third-order valence-electron chi connectivity index (χ3n) is 1.47. The van der Waals surface area contributed by atoms with E-state index < -0.39 is 13.3 Å². The van der Waals surface area contributed by atoms with Gasteiger partial charge in [0.2, 0.25) is 0 Å². The van der Waals surface area contributed by atoms with Gasteiger partial charge in [-0.05, 0) is 0 Å². The van der Waals surface area contributed by atoms with Gasteiger partial charge in [0.05, 0.1) is 0 Å². The summed E-state index contributed by atoms with van der Waals surface area (Å²) in [4.78, 5) is 23.4. The van der Waals surface area contributed by atoms with Crippen LogP contribution in [0.2, 0.25) is 17.3 Å². The number of rotatable bonds is 2. The zero-order valence-corrected chi connectivity index (χ0v) is 10.4. The van der Waals surface area contributed by atoms with Crippen LogP contribution in [-0.4, -0.2) is 44.1 Å². The number of hydrogen-bond acceptors (Lipinski definition) is 2. The molecule has 0 N–H and O–H groups in total. The summed E-state index contributed by atoms with van der Waals surface area (Å²) in [6.07, 6.45) is 0. The summed E-state index contributed by atoms with van der Waals surface area (Å²) in [6.45, 7) is 0. The van der Waals surface area contributed by atoms with E-state index in [0.717, 1.165) is 0 Å². The molecule has 68 valence electrons. The summed E-state index contributed by atoms with van der Waals surface area (Å²) >= 11 is -2.29. The fourth-order valence-corrected chi connectivity index (χ4v) is 3.20. The van der Waals surface area contributed by atoms with Crippen molar-refractivity contribution < 1.29 is 9.59 Å². The summed E-state index contributed by atoms with van der Waals surface area (Å²) in [5, 5.41) is 0.